The summed E-state index contributed by atoms with van der Waals surface area (Å²) in [7, 11) is 0. The molecule has 2 rings (SSSR count). The predicted octanol–water partition coefficient (Wildman–Crippen LogP) is 13.0. The van der Waals surface area contributed by atoms with Crippen LogP contribution in [-0.4, -0.2) is 0 Å². The molecule has 0 heterocycles. The molecule has 4 unspecified atom stereocenters. The van der Waals surface area contributed by atoms with Crippen molar-refractivity contribution in [3.8, 4) is 0 Å². The monoisotopic (exact) mass is 511 g/mol. The van der Waals surface area contributed by atoms with Crippen molar-refractivity contribution in [3.05, 3.63) is 46.6 Å². The van der Waals surface area contributed by atoms with Gasteiger partial charge in [-0.15, -0.1) is 0 Å². The Morgan fingerprint density at radius 2 is 1.19 bits per heavy atom. The minimum atomic E-state index is 0.662. The summed E-state index contributed by atoms with van der Waals surface area (Å²) < 4.78 is 0. The summed E-state index contributed by atoms with van der Waals surface area (Å²) in [6.45, 7) is 23.0. The zero-order chi connectivity index (χ0) is 27.9. The van der Waals surface area contributed by atoms with Crippen LogP contribution in [0.2, 0.25) is 0 Å². The zero-order valence-corrected chi connectivity index (χ0v) is 27.1. The molecule has 0 spiro atoms. The summed E-state index contributed by atoms with van der Waals surface area (Å²) in [5.41, 5.74) is 7.50. The standard InChI is InChI=1S/C19H34.C18H32/c1-6-7-8-12-17(4)14-18-15-19(18,5)13-10-9-11-16(2)3;1-6-7-10-16(4)11-12-17-14-18(17,5)13-8-9-15(2)3/h11-12,18H,6-10,13-15H2,1-5H3;9-10,17H,6-8,11-14H2,1-5H3/b17-12+;16-10+. The number of hydrogen-bond donors (Lipinski definition) is 0. The Labute approximate surface area is 234 Å². The molecule has 0 aromatic rings. The fourth-order valence-electron chi connectivity index (χ4n) is 5.90. The summed E-state index contributed by atoms with van der Waals surface area (Å²) in [6, 6.07) is 0. The molecule has 0 radical (unpaired) electrons. The van der Waals surface area contributed by atoms with Gasteiger partial charge in [0.05, 0.1) is 0 Å². The quantitative estimate of drug-likeness (QED) is 0.135. The normalized spacial score (nSPS) is 26.8. The molecule has 214 valence electrons. The Hall–Kier alpha value is -1.04. The smallest absolute Gasteiger partial charge is 0.0289 e. The molecule has 0 saturated heterocycles. The lowest BCUT2D eigenvalue weighted by molar-refractivity contribution is 0.444. The van der Waals surface area contributed by atoms with E-state index in [1.165, 1.54) is 107 Å². The van der Waals surface area contributed by atoms with E-state index in [-0.39, 0.29) is 0 Å². The second-order valence-electron chi connectivity index (χ2n) is 13.9. The summed E-state index contributed by atoms with van der Waals surface area (Å²) >= 11 is 0. The SMILES string of the molecule is CCC/C=C(\C)CCC1CC1(C)CCC=C(C)C.CCCC/C=C(\C)CC1CC1(C)CCCC=C(C)C. The fourth-order valence-corrected chi connectivity index (χ4v) is 5.90. The third-order valence-corrected chi connectivity index (χ3v) is 9.14. The van der Waals surface area contributed by atoms with Gasteiger partial charge in [-0.3, -0.25) is 0 Å². The molecule has 4 atom stereocenters. The van der Waals surface area contributed by atoms with Crippen molar-refractivity contribution in [1.82, 2.24) is 0 Å². The van der Waals surface area contributed by atoms with Gasteiger partial charge in [-0.25, -0.2) is 0 Å². The van der Waals surface area contributed by atoms with E-state index < -0.39 is 0 Å². The van der Waals surface area contributed by atoms with Crippen molar-refractivity contribution >= 4 is 0 Å². The molecular formula is C37H66. The van der Waals surface area contributed by atoms with Crippen molar-refractivity contribution in [1.29, 1.82) is 0 Å². The van der Waals surface area contributed by atoms with Gasteiger partial charge in [0, 0.05) is 0 Å². The zero-order valence-electron chi connectivity index (χ0n) is 27.1. The average Bonchev–Trinajstić information content (AvgIpc) is 3.68. The van der Waals surface area contributed by atoms with Gasteiger partial charge in [-0.2, -0.15) is 0 Å². The molecule has 2 fully saturated rings. The van der Waals surface area contributed by atoms with E-state index in [1.807, 2.05) is 0 Å². The highest BCUT2D eigenvalue weighted by atomic mass is 14.5. The van der Waals surface area contributed by atoms with E-state index in [0.29, 0.717) is 10.8 Å². The molecule has 0 aliphatic heterocycles. The summed E-state index contributed by atoms with van der Waals surface area (Å²) in [4.78, 5) is 0. The highest BCUT2D eigenvalue weighted by Crippen LogP contribution is 2.59. The number of allylic oxidation sites excluding steroid dienone is 8. The topological polar surface area (TPSA) is 0 Å². The van der Waals surface area contributed by atoms with E-state index in [0.717, 1.165) is 11.8 Å². The minimum Gasteiger partial charge on any atom is -0.0859 e. The van der Waals surface area contributed by atoms with Gasteiger partial charge >= 0.3 is 0 Å². The maximum atomic E-state index is 2.50. The van der Waals surface area contributed by atoms with Gasteiger partial charge < -0.3 is 0 Å². The van der Waals surface area contributed by atoms with Gasteiger partial charge in [0.2, 0.25) is 0 Å². The second kappa shape index (κ2) is 17.5. The molecule has 2 saturated carbocycles. The lowest BCUT2D eigenvalue weighted by Crippen LogP contribution is -1.98. The van der Waals surface area contributed by atoms with Crippen molar-refractivity contribution in [3.63, 3.8) is 0 Å². The van der Waals surface area contributed by atoms with Crippen LogP contribution >= 0.6 is 0 Å². The Morgan fingerprint density at radius 1 is 0.622 bits per heavy atom. The van der Waals surface area contributed by atoms with Gasteiger partial charge in [-0.1, -0.05) is 93.6 Å². The lowest BCUT2D eigenvalue weighted by Gasteiger charge is -2.11. The number of rotatable bonds is 17. The largest absolute Gasteiger partial charge is 0.0859 e. The summed E-state index contributed by atoms with van der Waals surface area (Å²) in [6.07, 6.45) is 29.9. The first-order valence-corrected chi connectivity index (χ1v) is 16.0. The van der Waals surface area contributed by atoms with Crippen LogP contribution in [0.5, 0.6) is 0 Å². The van der Waals surface area contributed by atoms with Gasteiger partial charge in [0.1, 0.15) is 0 Å². The van der Waals surface area contributed by atoms with E-state index in [9.17, 15) is 0 Å². The van der Waals surface area contributed by atoms with Crippen LogP contribution in [0.1, 0.15) is 166 Å². The first kappa shape index (κ1) is 34.0. The highest BCUT2D eigenvalue weighted by molar-refractivity contribution is 5.09. The molecule has 0 N–H and O–H groups in total. The highest BCUT2D eigenvalue weighted by Gasteiger charge is 2.48. The van der Waals surface area contributed by atoms with Crippen LogP contribution < -0.4 is 0 Å². The predicted molar refractivity (Wildman–Crippen MR) is 170 cm³/mol. The van der Waals surface area contributed by atoms with Crippen LogP contribution in [0.15, 0.2) is 46.6 Å². The van der Waals surface area contributed by atoms with E-state index in [2.05, 4.69) is 93.5 Å². The van der Waals surface area contributed by atoms with Crippen molar-refractivity contribution < 1.29 is 0 Å². The van der Waals surface area contributed by atoms with Crippen LogP contribution in [0, 0.1) is 22.7 Å². The van der Waals surface area contributed by atoms with Crippen LogP contribution in [0.4, 0.5) is 0 Å². The van der Waals surface area contributed by atoms with Crippen molar-refractivity contribution in [2.75, 3.05) is 0 Å². The molecule has 0 aromatic carbocycles. The van der Waals surface area contributed by atoms with Crippen LogP contribution in [0.3, 0.4) is 0 Å². The molecule has 2 aliphatic carbocycles. The lowest BCUT2D eigenvalue weighted by atomic mass is 9.95. The van der Waals surface area contributed by atoms with Crippen LogP contribution in [-0.2, 0) is 0 Å². The minimum absolute atomic E-state index is 0.662. The third-order valence-electron chi connectivity index (χ3n) is 9.14. The van der Waals surface area contributed by atoms with Crippen LogP contribution in [0.25, 0.3) is 0 Å². The molecular weight excluding hydrogens is 444 g/mol. The van der Waals surface area contributed by atoms with Gasteiger partial charge in [-0.05, 0) is 141 Å². The molecule has 2 aliphatic rings. The maximum Gasteiger partial charge on any atom is -0.0289 e. The van der Waals surface area contributed by atoms with E-state index >= 15 is 0 Å². The second-order valence-corrected chi connectivity index (χ2v) is 13.9. The van der Waals surface area contributed by atoms with E-state index in [1.54, 1.807) is 11.1 Å². The molecule has 0 nitrogen and oxygen atoms in total. The van der Waals surface area contributed by atoms with Crippen molar-refractivity contribution in [2.45, 2.75) is 166 Å². The molecule has 0 heteroatoms. The Bertz CT molecular complexity index is 751. The van der Waals surface area contributed by atoms with Gasteiger partial charge in [0.15, 0.2) is 0 Å². The Balaban J connectivity index is 0.000000371. The Morgan fingerprint density at radius 3 is 1.81 bits per heavy atom. The van der Waals surface area contributed by atoms with Gasteiger partial charge in [0.25, 0.3) is 0 Å². The van der Waals surface area contributed by atoms with E-state index in [4.69, 9.17) is 0 Å². The third kappa shape index (κ3) is 15.2. The molecule has 0 amide bonds. The summed E-state index contributed by atoms with van der Waals surface area (Å²) in [5.74, 6) is 1.96. The average molecular weight is 511 g/mol. The number of hydrogen-bond acceptors (Lipinski definition) is 0. The molecule has 0 bridgehead atoms. The number of unbranched alkanes of at least 4 members (excludes halogenated alkanes) is 4. The first-order valence-electron chi connectivity index (χ1n) is 16.0. The first-order chi connectivity index (χ1) is 17.5. The van der Waals surface area contributed by atoms with Crippen molar-refractivity contribution in [2.24, 2.45) is 22.7 Å². The Kier molecular flexibility index (Phi) is 16.1. The maximum absolute atomic E-state index is 2.50. The molecule has 37 heavy (non-hydrogen) atoms. The summed E-state index contributed by atoms with van der Waals surface area (Å²) in [5, 5.41) is 0. The molecule has 0 aromatic heterocycles. The fraction of sp³-hybridized carbons (Fsp3) is 0.784.